The second-order valence-electron chi connectivity index (χ2n) is 8.12. The van der Waals surface area contributed by atoms with Crippen LogP contribution in [0.5, 0.6) is 17.2 Å². The lowest BCUT2D eigenvalue weighted by atomic mass is 10.0. The molecule has 0 saturated heterocycles. The summed E-state index contributed by atoms with van der Waals surface area (Å²) in [6.45, 7) is 1.67. The lowest BCUT2D eigenvalue weighted by Crippen LogP contribution is -2.13. The van der Waals surface area contributed by atoms with E-state index in [-0.39, 0.29) is 16.5 Å². The lowest BCUT2D eigenvalue weighted by Gasteiger charge is -2.14. The quantitative estimate of drug-likeness (QED) is 0.294. The maximum absolute atomic E-state index is 13.6. The van der Waals surface area contributed by atoms with E-state index in [2.05, 4.69) is 19.7 Å². The molecule has 0 aliphatic heterocycles. The zero-order valence-electron chi connectivity index (χ0n) is 19.8. The van der Waals surface area contributed by atoms with Gasteiger partial charge >= 0.3 is 0 Å². The fourth-order valence-corrected chi connectivity index (χ4v) is 4.88. The summed E-state index contributed by atoms with van der Waals surface area (Å²) in [5.74, 6) is 1.40. The van der Waals surface area contributed by atoms with Gasteiger partial charge in [0, 0.05) is 29.4 Å². The van der Waals surface area contributed by atoms with Crippen molar-refractivity contribution >= 4 is 26.6 Å². The summed E-state index contributed by atoms with van der Waals surface area (Å²) in [5.41, 5.74) is 1.80. The minimum Gasteiger partial charge on any atom is -0.496 e. The molecule has 0 amide bonds. The Labute approximate surface area is 212 Å². The van der Waals surface area contributed by atoms with Crippen molar-refractivity contribution in [2.75, 3.05) is 11.8 Å². The monoisotopic (exact) mass is 516 g/mol. The highest BCUT2D eigenvalue weighted by atomic mass is 32.2. The SMILES string of the molecule is COc1cc(Oc2ccc(F)c(C)c2)ccc1-c1nccc2cc(S(=O)(=O)Nc3ccncn3)ccc12. The number of sulfonamides is 1. The van der Waals surface area contributed by atoms with Crippen LogP contribution in [0.1, 0.15) is 5.56 Å². The van der Waals surface area contributed by atoms with Gasteiger partial charge in [0.15, 0.2) is 0 Å². The molecule has 0 bridgehead atoms. The number of halogens is 1. The topological polar surface area (TPSA) is 103 Å². The highest BCUT2D eigenvalue weighted by Gasteiger charge is 2.18. The Morgan fingerprint density at radius 2 is 1.70 bits per heavy atom. The molecule has 2 aromatic heterocycles. The Kier molecular flexibility index (Phi) is 6.41. The van der Waals surface area contributed by atoms with Crippen LogP contribution in [0.25, 0.3) is 22.0 Å². The molecule has 3 aromatic carbocycles. The second kappa shape index (κ2) is 9.82. The molecule has 10 heteroatoms. The van der Waals surface area contributed by atoms with Gasteiger partial charge in [-0.25, -0.2) is 22.8 Å². The molecule has 0 unspecified atom stereocenters. The molecular weight excluding hydrogens is 495 g/mol. The van der Waals surface area contributed by atoms with Crippen molar-refractivity contribution < 1.29 is 22.3 Å². The summed E-state index contributed by atoms with van der Waals surface area (Å²) in [6.07, 6.45) is 4.32. The van der Waals surface area contributed by atoms with E-state index >= 15 is 0 Å². The molecule has 0 fully saturated rings. The normalized spacial score (nSPS) is 11.3. The largest absolute Gasteiger partial charge is 0.496 e. The zero-order chi connectivity index (χ0) is 26.0. The van der Waals surface area contributed by atoms with Gasteiger partial charge in [-0.1, -0.05) is 6.07 Å². The Bertz CT molecular complexity index is 1710. The van der Waals surface area contributed by atoms with Gasteiger partial charge in [-0.2, -0.15) is 0 Å². The van der Waals surface area contributed by atoms with Crippen molar-refractivity contribution in [3.05, 3.63) is 96.8 Å². The number of pyridine rings is 1. The van der Waals surface area contributed by atoms with Crippen molar-refractivity contribution in [1.82, 2.24) is 15.0 Å². The summed E-state index contributed by atoms with van der Waals surface area (Å²) >= 11 is 0. The van der Waals surface area contributed by atoms with Crippen molar-refractivity contribution in [2.45, 2.75) is 11.8 Å². The summed E-state index contributed by atoms with van der Waals surface area (Å²) in [5, 5.41) is 1.42. The van der Waals surface area contributed by atoms with Gasteiger partial charge in [0.05, 0.1) is 17.7 Å². The fraction of sp³-hybridized carbons (Fsp3) is 0.0741. The van der Waals surface area contributed by atoms with Gasteiger partial charge in [-0.3, -0.25) is 9.71 Å². The Balaban J connectivity index is 1.49. The van der Waals surface area contributed by atoms with Gasteiger partial charge in [0.1, 0.15) is 35.2 Å². The number of rotatable bonds is 7. The summed E-state index contributed by atoms with van der Waals surface area (Å²) in [7, 11) is -2.32. The Morgan fingerprint density at radius 1 is 0.892 bits per heavy atom. The molecule has 5 aromatic rings. The number of anilines is 1. The number of methoxy groups -OCH3 is 1. The van der Waals surface area contributed by atoms with E-state index in [1.54, 1.807) is 62.7 Å². The number of nitrogens with zero attached hydrogens (tertiary/aromatic N) is 3. The van der Waals surface area contributed by atoms with Crippen molar-refractivity contribution in [3.8, 4) is 28.5 Å². The van der Waals surface area contributed by atoms with Crippen LogP contribution < -0.4 is 14.2 Å². The number of hydrogen-bond acceptors (Lipinski definition) is 7. The molecular formula is C27H21FN4O4S. The van der Waals surface area contributed by atoms with Gasteiger partial charge in [-0.05, 0) is 72.5 Å². The number of aryl methyl sites for hydroxylation is 1. The fourth-order valence-electron chi connectivity index (χ4n) is 3.83. The Morgan fingerprint density at radius 3 is 2.46 bits per heavy atom. The molecule has 2 heterocycles. The molecule has 186 valence electrons. The number of fused-ring (bicyclic) bond motifs is 1. The first-order valence-electron chi connectivity index (χ1n) is 11.1. The van der Waals surface area contributed by atoms with E-state index < -0.39 is 10.0 Å². The molecule has 8 nitrogen and oxygen atoms in total. The van der Waals surface area contributed by atoms with Crippen molar-refractivity contribution in [2.24, 2.45) is 0 Å². The van der Waals surface area contributed by atoms with Crippen molar-refractivity contribution in [3.63, 3.8) is 0 Å². The standard InChI is InChI=1S/C27H21FN4O4S/c1-17-13-19(4-8-24(17)28)36-20-3-6-23(25(15-20)35-2)27-22-7-5-21(14-18(22)9-12-30-27)37(33,34)32-26-10-11-29-16-31-26/h3-16H,1-2H3,(H,29,31,32). The molecule has 0 spiro atoms. The second-order valence-corrected chi connectivity index (χ2v) is 9.80. The van der Waals surface area contributed by atoms with Crippen LogP contribution in [-0.2, 0) is 10.0 Å². The number of hydrogen-bond donors (Lipinski definition) is 1. The summed E-state index contributed by atoms with van der Waals surface area (Å²) in [6, 6.07) is 17.8. The van der Waals surface area contributed by atoms with Gasteiger partial charge < -0.3 is 9.47 Å². The van der Waals surface area contributed by atoms with Crippen LogP contribution >= 0.6 is 0 Å². The molecule has 0 saturated carbocycles. The van der Waals surface area contributed by atoms with E-state index in [1.165, 1.54) is 30.7 Å². The lowest BCUT2D eigenvalue weighted by molar-refractivity contribution is 0.410. The van der Waals surface area contributed by atoms with E-state index in [9.17, 15) is 12.8 Å². The molecule has 0 radical (unpaired) electrons. The number of aromatic nitrogens is 3. The average Bonchev–Trinajstić information content (AvgIpc) is 2.90. The zero-order valence-corrected chi connectivity index (χ0v) is 20.7. The van der Waals surface area contributed by atoms with Gasteiger partial charge in [-0.15, -0.1) is 0 Å². The van der Waals surface area contributed by atoms with Crippen LogP contribution in [0.4, 0.5) is 10.2 Å². The maximum atomic E-state index is 13.6. The minimum absolute atomic E-state index is 0.0843. The van der Waals surface area contributed by atoms with E-state index in [1.807, 2.05) is 6.07 Å². The molecule has 37 heavy (non-hydrogen) atoms. The predicted molar refractivity (Wildman–Crippen MR) is 138 cm³/mol. The Hall–Kier alpha value is -4.57. The third kappa shape index (κ3) is 5.05. The highest BCUT2D eigenvalue weighted by Crippen LogP contribution is 2.37. The molecule has 0 atom stereocenters. The third-order valence-electron chi connectivity index (χ3n) is 5.66. The smallest absolute Gasteiger partial charge is 0.263 e. The molecule has 5 rings (SSSR count). The van der Waals surface area contributed by atoms with E-state index in [0.717, 1.165) is 5.39 Å². The van der Waals surface area contributed by atoms with E-state index in [4.69, 9.17) is 9.47 Å². The van der Waals surface area contributed by atoms with Crippen LogP contribution in [0, 0.1) is 12.7 Å². The van der Waals surface area contributed by atoms with Crippen LogP contribution in [-0.4, -0.2) is 30.5 Å². The highest BCUT2D eigenvalue weighted by molar-refractivity contribution is 7.92. The summed E-state index contributed by atoms with van der Waals surface area (Å²) in [4.78, 5) is 12.3. The average molecular weight is 517 g/mol. The van der Waals surface area contributed by atoms with Crippen molar-refractivity contribution in [1.29, 1.82) is 0 Å². The molecule has 0 aliphatic carbocycles. The van der Waals surface area contributed by atoms with E-state index in [0.29, 0.717) is 39.5 Å². The first-order valence-corrected chi connectivity index (χ1v) is 12.6. The van der Waals surface area contributed by atoms with Crippen LogP contribution in [0.15, 0.2) is 90.3 Å². The number of ether oxygens (including phenoxy) is 2. The summed E-state index contributed by atoms with van der Waals surface area (Å²) < 4.78 is 53.3. The minimum atomic E-state index is -3.86. The van der Waals surface area contributed by atoms with Crippen LogP contribution in [0.3, 0.4) is 0 Å². The molecule has 1 N–H and O–H groups in total. The first-order chi connectivity index (χ1) is 17.8. The maximum Gasteiger partial charge on any atom is 0.263 e. The van der Waals surface area contributed by atoms with Gasteiger partial charge in [0.2, 0.25) is 0 Å². The number of benzene rings is 3. The molecule has 0 aliphatic rings. The third-order valence-corrected chi connectivity index (χ3v) is 7.01. The van der Waals surface area contributed by atoms with Gasteiger partial charge in [0.25, 0.3) is 10.0 Å². The van der Waals surface area contributed by atoms with Crippen LogP contribution in [0.2, 0.25) is 0 Å². The number of nitrogens with one attached hydrogen (secondary N) is 1. The first kappa shape index (κ1) is 24.1. The predicted octanol–water partition coefficient (Wildman–Crippen LogP) is 5.74.